The first-order valence-electron chi connectivity index (χ1n) is 19.7. The molecule has 0 aliphatic rings. The minimum atomic E-state index is -0.811. The Bertz CT molecular complexity index is 668. The fraction of sp³-hybridized carbons (Fsp3) is 0.923. The molecule has 0 bridgehead atoms. The number of hydrogen-bond acceptors (Lipinski definition) is 4. The highest BCUT2D eigenvalue weighted by atomic mass is 16.5. The number of aliphatic carboxylic acids is 1. The van der Waals surface area contributed by atoms with Crippen LogP contribution in [0.15, 0.2) is 0 Å². The Morgan fingerprint density at radius 2 is 0.889 bits per heavy atom. The summed E-state index contributed by atoms with van der Waals surface area (Å²) in [4.78, 5) is 35.8. The van der Waals surface area contributed by atoms with Crippen molar-refractivity contribution in [1.29, 1.82) is 0 Å². The Labute approximate surface area is 279 Å². The number of esters is 1. The fourth-order valence-electron chi connectivity index (χ4n) is 6.03. The Kier molecular flexibility index (Phi) is 34.0. The summed E-state index contributed by atoms with van der Waals surface area (Å²) in [5.74, 6) is -1.10. The molecular weight excluding hydrogens is 562 g/mol. The Balaban J connectivity index is 4.14. The van der Waals surface area contributed by atoms with Crippen LogP contribution in [0.1, 0.15) is 219 Å². The van der Waals surface area contributed by atoms with Crippen molar-refractivity contribution in [2.75, 3.05) is 6.54 Å². The highest BCUT2D eigenvalue weighted by molar-refractivity contribution is 5.77. The van der Waals surface area contributed by atoms with Gasteiger partial charge in [-0.2, -0.15) is 0 Å². The fourth-order valence-corrected chi connectivity index (χ4v) is 6.03. The van der Waals surface area contributed by atoms with Crippen molar-refractivity contribution in [1.82, 2.24) is 5.32 Å². The molecule has 0 heterocycles. The van der Waals surface area contributed by atoms with Gasteiger partial charge in [0.1, 0.15) is 6.10 Å². The summed E-state index contributed by atoms with van der Waals surface area (Å²) in [6, 6.07) is 0. The predicted molar refractivity (Wildman–Crippen MR) is 190 cm³/mol. The van der Waals surface area contributed by atoms with Gasteiger partial charge >= 0.3 is 11.9 Å². The molecule has 0 aromatic heterocycles. The maximum absolute atomic E-state index is 12.6. The lowest BCUT2D eigenvalue weighted by Gasteiger charge is -2.18. The molecule has 1 atom stereocenters. The zero-order valence-corrected chi connectivity index (χ0v) is 30.0. The molecule has 45 heavy (non-hydrogen) atoms. The highest BCUT2D eigenvalue weighted by Gasteiger charge is 2.18. The molecule has 2 N–H and O–H groups in total. The van der Waals surface area contributed by atoms with E-state index in [-0.39, 0.29) is 30.8 Å². The molecule has 0 spiro atoms. The van der Waals surface area contributed by atoms with Crippen molar-refractivity contribution < 1.29 is 24.2 Å². The third-order valence-electron chi connectivity index (χ3n) is 8.96. The van der Waals surface area contributed by atoms with E-state index in [1.54, 1.807) is 0 Å². The van der Waals surface area contributed by atoms with E-state index in [1.165, 1.54) is 141 Å². The molecule has 0 saturated heterocycles. The average molecular weight is 638 g/mol. The zero-order valence-electron chi connectivity index (χ0n) is 30.0. The molecule has 1 unspecified atom stereocenters. The second-order valence-corrected chi connectivity index (χ2v) is 13.5. The molecule has 0 radical (unpaired) electrons. The van der Waals surface area contributed by atoms with Crippen LogP contribution in [0.5, 0.6) is 0 Å². The van der Waals surface area contributed by atoms with E-state index in [1.807, 2.05) is 0 Å². The molecule has 0 aliphatic carbocycles. The lowest BCUT2D eigenvalue weighted by atomic mass is 10.0. The third-order valence-corrected chi connectivity index (χ3v) is 8.96. The van der Waals surface area contributed by atoms with Crippen LogP contribution in [-0.4, -0.2) is 35.6 Å². The predicted octanol–water partition coefficient (Wildman–Crippen LogP) is 11.6. The van der Waals surface area contributed by atoms with Gasteiger partial charge in [-0.05, 0) is 32.1 Å². The molecule has 1 amide bonds. The van der Waals surface area contributed by atoms with Crippen LogP contribution in [0.4, 0.5) is 0 Å². The number of unbranched alkanes of at least 4 members (excludes halogenated alkanes) is 25. The molecule has 0 aromatic rings. The van der Waals surface area contributed by atoms with Gasteiger partial charge in [-0.1, -0.05) is 168 Å². The summed E-state index contributed by atoms with van der Waals surface area (Å²) in [6.45, 7) is 4.99. The molecule has 0 rings (SSSR count). The molecule has 0 aromatic carbocycles. The van der Waals surface area contributed by atoms with Gasteiger partial charge in [0.25, 0.3) is 0 Å². The van der Waals surface area contributed by atoms with Crippen molar-refractivity contribution in [2.24, 2.45) is 0 Å². The molecule has 0 saturated carbocycles. The van der Waals surface area contributed by atoms with Crippen LogP contribution in [0.25, 0.3) is 0 Å². The smallest absolute Gasteiger partial charge is 0.306 e. The van der Waals surface area contributed by atoms with Gasteiger partial charge in [-0.25, -0.2) is 0 Å². The Morgan fingerprint density at radius 3 is 1.31 bits per heavy atom. The van der Waals surface area contributed by atoms with Crippen molar-refractivity contribution >= 4 is 17.8 Å². The quantitative estimate of drug-likeness (QED) is 0.0526. The molecule has 6 nitrogen and oxygen atoms in total. The Hall–Kier alpha value is -1.59. The number of carboxylic acids is 1. The number of carboxylic acid groups (broad SMARTS) is 1. The first-order valence-corrected chi connectivity index (χ1v) is 19.7. The minimum Gasteiger partial charge on any atom is -0.481 e. The van der Waals surface area contributed by atoms with Crippen molar-refractivity contribution in [3.05, 3.63) is 0 Å². The summed E-state index contributed by atoms with van der Waals surface area (Å²) in [5.41, 5.74) is 0. The van der Waals surface area contributed by atoms with Gasteiger partial charge < -0.3 is 15.2 Å². The lowest BCUT2D eigenvalue weighted by Crippen LogP contribution is -2.30. The topological polar surface area (TPSA) is 92.7 Å². The van der Waals surface area contributed by atoms with Crippen LogP contribution in [0.2, 0.25) is 0 Å². The van der Waals surface area contributed by atoms with E-state index >= 15 is 0 Å². The second-order valence-electron chi connectivity index (χ2n) is 13.5. The zero-order chi connectivity index (χ0) is 33.1. The van der Waals surface area contributed by atoms with Crippen LogP contribution in [0, 0.1) is 0 Å². The molecule has 266 valence electrons. The summed E-state index contributed by atoms with van der Waals surface area (Å²) in [5, 5.41) is 11.7. The average Bonchev–Trinajstić information content (AvgIpc) is 3.01. The number of hydrogen-bond donors (Lipinski definition) is 2. The van der Waals surface area contributed by atoms with Crippen molar-refractivity contribution in [3.8, 4) is 0 Å². The van der Waals surface area contributed by atoms with E-state index in [9.17, 15) is 14.4 Å². The largest absolute Gasteiger partial charge is 0.481 e. The number of nitrogens with one attached hydrogen (secondary N) is 1. The van der Waals surface area contributed by atoms with Gasteiger partial charge in [0.2, 0.25) is 5.91 Å². The number of rotatable bonds is 36. The summed E-state index contributed by atoms with van der Waals surface area (Å²) in [7, 11) is 0. The molecule has 0 aliphatic heterocycles. The first-order chi connectivity index (χ1) is 22.0. The number of carbonyl (C=O) groups is 3. The van der Waals surface area contributed by atoms with Gasteiger partial charge in [0.15, 0.2) is 0 Å². The van der Waals surface area contributed by atoms with Crippen LogP contribution >= 0.6 is 0 Å². The van der Waals surface area contributed by atoms with Gasteiger partial charge in [0, 0.05) is 19.4 Å². The Morgan fingerprint density at radius 1 is 0.511 bits per heavy atom. The van der Waals surface area contributed by atoms with Gasteiger partial charge in [-0.3, -0.25) is 14.4 Å². The molecular formula is C39H75NO5. The van der Waals surface area contributed by atoms with E-state index in [4.69, 9.17) is 9.84 Å². The van der Waals surface area contributed by atoms with E-state index in [2.05, 4.69) is 19.2 Å². The molecule has 6 heteroatoms. The standard InChI is InChI=1S/C39H75NO5/c1-3-5-7-9-11-13-15-17-19-21-23-25-27-31-36(35-37(41)40-34-30-29-32-38(42)43)45-39(44)33-28-26-24-22-20-18-16-14-12-10-8-6-4-2/h36H,3-35H2,1-2H3,(H,40,41)(H,42,43). The SMILES string of the molecule is CCCCCCCCCCCCCCCC(=O)OC(CCCCCCCCCCCCCCC)CC(=O)NCCCCC(=O)O. The first kappa shape index (κ1) is 43.4. The normalized spacial score (nSPS) is 11.9. The van der Waals surface area contributed by atoms with E-state index < -0.39 is 5.97 Å². The van der Waals surface area contributed by atoms with Gasteiger partial charge in [0.05, 0.1) is 6.42 Å². The lowest BCUT2D eigenvalue weighted by molar-refractivity contribution is -0.151. The number of ether oxygens (including phenoxy) is 1. The third kappa shape index (κ3) is 35.1. The number of carbonyl (C=O) groups excluding carboxylic acids is 2. The van der Waals surface area contributed by atoms with Crippen LogP contribution in [-0.2, 0) is 19.1 Å². The van der Waals surface area contributed by atoms with Crippen LogP contribution in [0.3, 0.4) is 0 Å². The van der Waals surface area contributed by atoms with Crippen LogP contribution < -0.4 is 5.32 Å². The van der Waals surface area contributed by atoms with Crippen molar-refractivity contribution in [3.63, 3.8) is 0 Å². The second kappa shape index (κ2) is 35.3. The van der Waals surface area contributed by atoms with Gasteiger partial charge in [-0.15, -0.1) is 0 Å². The maximum Gasteiger partial charge on any atom is 0.306 e. The highest BCUT2D eigenvalue weighted by Crippen LogP contribution is 2.17. The van der Waals surface area contributed by atoms with E-state index in [0.717, 1.165) is 32.1 Å². The maximum atomic E-state index is 12.6. The summed E-state index contributed by atoms with van der Waals surface area (Å²) in [6.07, 6.45) is 35.6. The van der Waals surface area contributed by atoms with Crippen molar-refractivity contribution in [2.45, 2.75) is 225 Å². The summed E-state index contributed by atoms with van der Waals surface area (Å²) < 4.78 is 5.82. The molecule has 0 fully saturated rings. The minimum absolute atomic E-state index is 0.112. The number of amides is 1. The monoisotopic (exact) mass is 638 g/mol. The summed E-state index contributed by atoms with van der Waals surface area (Å²) >= 11 is 0. The van der Waals surface area contributed by atoms with E-state index in [0.29, 0.717) is 25.8 Å².